The molecule has 8 nitrogen and oxygen atoms in total. The van der Waals surface area contributed by atoms with Gasteiger partial charge in [0.1, 0.15) is 6.54 Å². The topological polar surface area (TPSA) is 109 Å². The Morgan fingerprint density at radius 3 is 2.61 bits per heavy atom. The van der Waals surface area contributed by atoms with E-state index in [4.69, 9.17) is 4.74 Å². The van der Waals surface area contributed by atoms with Crippen molar-refractivity contribution in [1.29, 1.82) is 0 Å². The number of imide groups is 1. The van der Waals surface area contributed by atoms with E-state index >= 15 is 0 Å². The van der Waals surface area contributed by atoms with Gasteiger partial charge in [-0.25, -0.2) is 0 Å². The SMILES string of the molecule is CC(C)OC(=O)CN1C(=O)S/C(=C/c2cn(CC(=O)[O-])c3ccccc23)C1=O. The van der Waals surface area contributed by atoms with Gasteiger partial charge in [0.2, 0.25) is 0 Å². The summed E-state index contributed by atoms with van der Waals surface area (Å²) in [6.07, 6.45) is 2.76. The van der Waals surface area contributed by atoms with Gasteiger partial charge in [-0.1, -0.05) is 18.2 Å². The zero-order chi connectivity index (χ0) is 20.4. The van der Waals surface area contributed by atoms with Crippen molar-refractivity contribution in [3.8, 4) is 0 Å². The fourth-order valence-corrected chi connectivity index (χ4v) is 3.70. The van der Waals surface area contributed by atoms with Crippen LogP contribution in [0, 0.1) is 0 Å². The number of fused-ring (bicyclic) bond motifs is 1. The van der Waals surface area contributed by atoms with Gasteiger partial charge >= 0.3 is 5.97 Å². The van der Waals surface area contributed by atoms with Crippen LogP contribution < -0.4 is 5.11 Å². The summed E-state index contributed by atoms with van der Waals surface area (Å²) in [7, 11) is 0. The van der Waals surface area contributed by atoms with Gasteiger partial charge in [-0.2, -0.15) is 0 Å². The first-order chi connectivity index (χ1) is 13.3. The average molecular weight is 401 g/mol. The lowest BCUT2D eigenvalue weighted by atomic mass is 10.1. The van der Waals surface area contributed by atoms with Gasteiger partial charge < -0.3 is 19.2 Å². The van der Waals surface area contributed by atoms with Gasteiger partial charge in [-0.3, -0.25) is 19.3 Å². The van der Waals surface area contributed by atoms with Crippen LogP contribution in [0.4, 0.5) is 4.79 Å². The minimum Gasteiger partial charge on any atom is -0.548 e. The van der Waals surface area contributed by atoms with E-state index in [2.05, 4.69) is 0 Å². The largest absolute Gasteiger partial charge is 0.548 e. The summed E-state index contributed by atoms with van der Waals surface area (Å²) in [4.78, 5) is 48.5. The number of carbonyl (C=O) groups excluding carboxylic acids is 4. The van der Waals surface area contributed by atoms with E-state index in [0.29, 0.717) is 11.1 Å². The van der Waals surface area contributed by atoms with E-state index in [1.807, 2.05) is 0 Å². The van der Waals surface area contributed by atoms with Crippen LogP contribution in [-0.4, -0.2) is 45.2 Å². The highest BCUT2D eigenvalue weighted by atomic mass is 32.2. The molecular weight excluding hydrogens is 384 g/mol. The number of aromatic nitrogens is 1. The Labute approximate surface area is 164 Å². The number of thioether (sulfide) groups is 1. The quantitative estimate of drug-likeness (QED) is 0.531. The standard InChI is InChI=1S/C19H18N2O6S/c1-11(2)27-17(24)10-21-18(25)15(28-19(21)26)7-12-8-20(9-16(22)23)14-6-4-3-5-13(12)14/h3-8,11H,9-10H2,1-2H3,(H,22,23)/p-1/b15-7+. The summed E-state index contributed by atoms with van der Waals surface area (Å²) in [5.41, 5.74) is 1.25. The minimum absolute atomic E-state index is 0.152. The first-order valence-corrected chi connectivity index (χ1v) is 9.30. The number of hydrogen-bond donors (Lipinski definition) is 0. The van der Waals surface area contributed by atoms with Gasteiger partial charge in [-0.05, 0) is 37.8 Å². The number of carboxylic acids is 1. The van der Waals surface area contributed by atoms with Gasteiger partial charge in [0.15, 0.2) is 0 Å². The van der Waals surface area contributed by atoms with Crippen molar-refractivity contribution in [2.45, 2.75) is 26.5 Å². The Morgan fingerprint density at radius 1 is 1.21 bits per heavy atom. The fraction of sp³-hybridized carbons (Fsp3) is 0.263. The number of carbonyl (C=O) groups is 4. The predicted octanol–water partition coefficient (Wildman–Crippen LogP) is 1.38. The normalized spacial score (nSPS) is 15.8. The summed E-state index contributed by atoms with van der Waals surface area (Å²) < 4.78 is 6.48. The number of esters is 1. The van der Waals surface area contributed by atoms with Crippen LogP contribution in [0.1, 0.15) is 19.4 Å². The Kier molecular flexibility index (Phi) is 5.55. The van der Waals surface area contributed by atoms with Crippen molar-refractivity contribution < 1.29 is 29.0 Å². The molecule has 2 amide bonds. The van der Waals surface area contributed by atoms with E-state index in [1.54, 1.807) is 44.3 Å². The molecule has 0 atom stereocenters. The first-order valence-electron chi connectivity index (χ1n) is 8.49. The van der Waals surface area contributed by atoms with Crippen LogP contribution in [-0.2, 0) is 25.7 Å². The zero-order valence-electron chi connectivity index (χ0n) is 15.2. The maximum absolute atomic E-state index is 12.6. The van der Waals surface area contributed by atoms with Crippen molar-refractivity contribution in [3.63, 3.8) is 0 Å². The number of nitrogens with zero attached hydrogens (tertiary/aromatic N) is 2. The summed E-state index contributed by atoms with van der Waals surface area (Å²) >= 11 is 0.722. The Balaban J connectivity index is 1.90. The molecule has 1 aliphatic rings. The van der Waals surface area contributed by atoms with Crippen molar-refractivity contribution in [2.75, 3.05) is 6.54 Å². The fourth-order valence-electron chi connectivity index (χ4n) is 2.87. The molecule has 0 aliphatic carbocycles. The van der Waals surface area contributed by atoms with Crippen molar-refractivity contribution >= 4 is 51.8 Å². The average Bonchev–Trinajstić information content (AvgIpc) is 3.07. The molecule has 9 heteroatoms. The van der Waals surface area contributed by atoms with Crippen LogP contribution in [0.2, 0.25) is 0 Å². The van der Waals surface area contributed by atoms with E-state index < -0.39 is 29.6 Å². The number of hydrogen-bond acceptors (Lipinski definition) is 7. The van der Waals surface area contributed by atoms with Crippen LogP contribution in [0.25, 0.3) is 17.0 Å². The highest BCUT2D eigenvalue weighted by molar-refractivity contribution is 8.18. The molecule has 0 bridgehead atoms. The Bertz CT molecular complexity index is 1010. The Morgan fingerprint density at radius 2 is 1.93 bits per heavy atom. The molecule has 0 radical (unpaired) electrons. The van der Waals surface area contributed by atoms with Crippen molar-refractivity contribution in [3.05, 3.63) is 40.9 Å². The van der Waals surface area contributed by atoms with Crippen LogP contribution in [0.5, 0.6) is 0 Å². The number of ether oxygens (including phenoxy) is 1. The van der Waals surface area contributed by atoms with Gasteiger partial charge in [0.05, 0.1) is 23.5 Å². The molecule has 0 N–H and O–H groups in total. The number of benzene rings is 1. The number of rotatable bonds is 6. The highest BCUT2D eigenvalue weighted by Crippen LogP contribution is 2.34. The van der Waals surface area contributed by atoms with E-state index in [-0.39, 0.29) is 17.6 Å². The molecule has 0 unspecified atom stereocenters. The predicted molar refractivity (Wildman–Crippen MR) is 101 cm³/mol. The van der Waals surface area contributed by atoms with E-state index in [0.717, 1.165) is 22.0 Å². The monoisotopic (exact) mass is 401 g/mol. The molecular formula is C19H17N2O6S-. The molecule has 1 fully saturated rings. The lowest BCUT2D eigenvalue weighted by molar-refractivity contribution is -0.306. The van der Waals surface area contributed by atoms with E-state index in [9.17, 15) is 24.3 Å². The first kappa shape index (κ1) is 19.7. The number of amides is 2. The molecule has 0 spiro atoms. The lowest BCUT2D eigenvalue weighted by Crippen LogP contribution is -2.35. The third-order valence-electron chi connectivity index (χ3n) is 3.93. The van der Waals surface area contributed by atoms with Gasteiger partial charge in [0, 0.05) is 22.7 Å². The molecule has 2 aromatic rings. The summed E-state index contributed by atoms with van der Waals surface area (Å²) in [5, 5.41) is 11.2. The summed E-state index contributed by atoms with van der Waals surface area (Å²) in [6, 6.07) is 7.10. The molecule has 3 rings (SSSR count). The second kappa shape index (κ2) is 7.89. The van der Waals surface area contributed by atoms with Crippen LogP contribution in [0.15, 0.2) is 35.4 Å². The minimum atomic E-state index is -1.24. The second-order valence-electron chi connectivity index (χ2n) is 6.41. The maximum Gasteiger partial charge on any atom is 0.326 e. The summed E-state index contributed by atoms with van der Waals surface area (Å²) in [6.45, 7) is 2.56. The van der Waals surface area contributed by atoms with Crippen molar-refractivity contribution in [1.82, 2.24) is 9.47 Å². The van der Waals surface area contributed by atoms with Crippen molar-refractivity contribution in [2.24, 2.45) is 0 Å². The third kappa shape index (κ3) is 4.09. The molecule has 1 saturated heterocycles. The summed E-state index contributed by atoms with van der Waals surface area (Å²) in [5.74, 6) is -2.49. The van der Waals surface area contributed by atoms with Gasteiger partial charge in [0.25, 0.3) is 11.1 Å². The zero-order valence-corrected chi connectivity index (χ0v) is 16.0. The van der Waals surface area contributed by atoms with Crippen LogP contribution in [0.3, 0.4) is 0 Å². The lowest BCUT2D eigenvalue weighted by Gasteiger charge is -2.13. The molecule has 146 valence electrons. The molecule has 28 heavy (non-hydrogen) atoms. The number of para-hydroxylation sites is 1. The maximum atomic E-state index is 12.6. The van der Waals surface area contributed by atoms with Gasteiger partial charge in [-0.15, -0.1) is 0 Å². The molecule has 0 saturated carbocycles. The molecule has 2 heterocycles. The molecule has 1 aliphatic heterocycles. The second-order valence-corrected chi connectivity index (χ2v) is 7.40. The smallest absolute Gasteiger partial charge is 0.326 e. The van der Waals surface area contributed by atoms with E-state index in [1.165, 1.54) is 10.6 Å². The molecule has 1 aromatic heterocycles. The number of carboxylic acid groups (broad SMARTS) is 1. The third-order valence-corrected chi connectivity index (χ3v) is 4.84. The Hall–Kier alpha value is -3.07. The number of aliphatic carboxylic acids is 1. The highest BCUT2D eigenvalue weighted by Gasteiger charge is 2.37. The van der Waals surface area contributed by atoms with Crippen LogP contribution >= 0.6 is 11.8 Å². The molecule has 1 aromatic carbocycles.